The summed E-state index contributed by atoms with van der Waals surface area (Å²) in [6.07, 6.45) is 0. The van der Waals surface area contributed by atoms with Crippen LogP contribution in [0.4, 0.5) is 5.69 Å². The minimum atomic E-state index is -1.36. The van der Waals surface area contributed by atoms with E-state index < -0.39 is 17.9 Å². The van der Waals surface area contributed by atoms with E-state index in [1.807, 2.05) is 0 Å². The Morgan fingerprint density at radius 2 is 1.05 bits per heavy atom. The van der Waals surface area contributed by atoms with Crippen molar-refractivity contribution in [2.24, 2.45) is 0 Å². The van der Waals surface area contributed by atoms with Crippen molar-refractivity contribution in [2.45, 2.75) is 0 Å². The molecule has 7 heteroatoms. The maximum absolute atomic E-state index is 11.2. The monoisotopic (exact) mass is 275 g/mol. The Kier molecular flexibility index (Phi) is 3.03. The molecule has 0 amide bonds. The predicted octanol–water partition coefficient (Wildman–Crippen LogP) is 1.52. The van der Waals surface area contributed by atoms with Gasteiger partial charge in [-0.25, -0.2) is 14.4 Å². The third kappa shape index (κ3) is 1.91. The van der Waals surface area contributed by atoms with Gasteiger partial charge in [0.25, 0.3) is 0 Å². The van der Waals surface area contributed by atoms with Crippen molar-refractivity contribution in [1.82, 2.24) is 0 Å². The number of hydrogen-bond donors (Lipinski definition) is 4. The molecule has 0 spiro atoms. The third-order valence-corrected chi connectivity index (χ3v) is 2.88. The molecular weight excluding hydrogens is 266 g/mol. The molecule has 0 aliphatic carbocycles. The lowest BCUT2D eigenvalue weighted by Crippen LogP contribution is -2.09. The predicted molar refractivity (Wildman–Crippen MR) is 69.2 cm³/mol. The van der Waals surface area contributed by atoms with Crippen LogP contribution in [0.25, 0.3) is 10.8 Å². The lowest BCUT2D eigenvalue weighted by Gasteiger charge is -2.11. The second-order valence-corrected chi connectivity index (χ2v) is 4.03. The molecule has 0 bridgehead atoms. The van der Waals surface area contributed by atoms with Gasteiger partial charge in [-0.2, -0.15) is 0 Å². The highest BCUT2D eigenvalue weighted by molar-refractivity contribution is 6.20. The fraction of sp³-hybridized carbons (Fsp3) is 0. The molecule has 0 fully saturated rings. The van der Waals surface area contributed by atoms with Gasteiger partial charge in [-0.05, 0) is 24.3 Å². The average Bonchev–Trinajstić information content (AvgIpc) is 2.37. The molecule has 102 valence electrons. The van der Waals surface area contributed by atoms with E-state index in [4.69, 9.17) is 21.1 Å². The third-order valence-electron chi connectivity index (χ3n) is 2.88. The summed E-state index contributed by atoms with van der Waals surface area (Å²) in [6, 6.07) is 4.54. The number of anilines is 1. The first-order valence-electron chi connectivity index (χ1n) is 5.39. The van der Waals surface area contributed by atoms with Gasteiger partial charge in [-0.1, -0.05) is 0 Å². The van der Waals surface area contributed by atoms with E-state index in [9.17, 15) is 14.4 Å². The first-order valence-corrected chi connectivity index (χ1v) is 5.39. The molecule has 2 aromatic rings. The molecular formula is C13H9NO6. The van der Waals surface area contributed by atoms with Gasteiger partial charge in [0, 0.05) is 16.5 Å². The lowest BCUT2D eigenvalue weighted by molar-refractivity contribution is 0.0681. The van der Waals surface area contributed by atoms with E-state index in [2.05, 4.69) is 0 Å². The van der Waals surface area contributed by atoms with Crippen LogP contribution in [-0.2, 0) is 0 Å². The average molecular weight is 275 g/mol. The van der Waals surface area contributed by atoms with Crippen molar-refractivity contribution in [3.05, 3.63) is 41.0 Å². The summed E-state index contributed by atoms with van der Waals surface area (Å²) in [4.78, 5) is 33.6. The van der Waals surface area contributed by atoms with Gasteiger partial charge in [0.15, 0.2) is 0 Å². The smallest absolute Gasteiger partial charge is 0.336 e. The largest absolute Gasteiger partial charge is 0.478 e. The second-order valence-electron chi connectivity index (χ2n) is 4.03. The van der Waals surface area contributed by atoms with Crippen molar-refractivity contribution in [3.8, 4) is 0 Å². The van der Waals surface area contributed by atoms with Crippen molar-refractivity contribution in [1.29, 1.82) is 0 Å². The van der Waals surface area contributed by atoms with Crippen LogP contribution < -0.4 is 5.73 Å². The van der Waals surface area contributed by atoms with Crippen LogP contribution in [0.3, 0.4) is 0 Å². The Bertz CT molecular complexity index is 745. The highest BCUT2D eigenvalue weighted by Gasteiger charge is 2.22. The fourth-order valence-corrected chi connectivity index (χ4v) is 2.06. The van der Waals surface area contributed by atoms with E-state index in [0.29, 0.717) is 0 Å². The standard InChI is InChI=1S/C13H9NO6/c14-8-4-3-6(12(17)18)9-5(11(15)16)1-2-7(10(8)9)13(19)20/h1-4H,14H2,(H,15,16)(H,17,18)(H,19,20). The number of carboxylic acid groups (broad SMARTS) is 3. The fourth-order valence-electron chi connectivity index (χ4n) is 2.06. The quantitative estimate of drug-likeness (QED) is 0.623. The number of carboxylic acids is 3. The molecule has 0 unspecified atom stereocenters. The van der Waals surface area contributed by atoms with Gasteiger partial charge in [-0.15, -0.1) is 0 Å². The minimum Gasteiger partial charge on any atom is -0.478 e. The van der Waals surface area contributed by atoms with Crippen LogP contribution in [-0.4, -0.2) is 33.2 Å². The number of benzene rings is 2. The SMILES string of the molecule is Nc1ccc(C(=O)O)c2c(C(=O)O)ccc(C(=O)O)c12. The Balaban J connectivity index is 3.10. The first-order chi connectivity index (χ1) is 9.34. The summed E-state index contributed by atoms with van der Waals surface area (Å²) < 4.78 is 0. The van der Waals surface area contributed by atoms with Crippen LogP contribution in [0.5, 0.6) is 0 Å². The Morgan fingerprint density at radius 1 is 0.700 bits per heavy atom. The highest BCUT2D eigenvalue weighted by Crippen LogP contribution is 2.31. The van der Waals surface area contributed by atoms with E-state index in [1.165, 1.54) is 6.07 Å². The highest BCUT2D eigenvalue weighted by atomic mass is 16.4. The molecule has 0 radical (unpaired) electrons. The molecule has 0 heterocycles. The molecule has 5 N–H and O–H groups in total. The normalized spacial score (nSPS) is 10.4. The van der Waals surface area contributed by atoms with Gasteiger partial charge < -0.3 is 21.1 Å². The van der Waals surface area contributed by atoms with Gasteiger partial charge >= 0.3 is 17.9 Å². The van der Waals surface area contributed by atoms with E-state index in [1.54, 1.807) is 0 Å². The van der Waals surface area contributed by atoms with Crippen molar-refractivity contribution in [2.75, 3.05) is 5.73 Å². The molecule has 0 saturated carbocycles. The maximum atomic E-state index is 11.2. The molecule has 0 aliphatic heterocycles. The van der Waals surface area contributed by atoms with Crippen molar-refractivity contribution < 1.29 is 29.7 Å². The summed E-state index contributed by atoms with van der Waals surface area (Å²) >= 11 is 0. The van der Waals surface area contributed by atoms with Crippen LogP contribution in [0, 0.1) is 0 Å². The zero-order valence-electron chi connectivity index (χ0n) is 9.95. The molecule has 2 rings (SSSR count). The van der Waals surface area contributed by atoms with Crippen molar-refractivity contribution >= 4 is 34.4 Å². The number of hydrogen-bond acceptors (Lipinski definition) is 4. The second kappa shape index (κ2) is 4.54. The van der Waals surface area contributed by atoms with Gasteiger partial charge in [0.1, 0.15) is 0 Å². The van der Waals surface area contributed by atoms with Crippen LogP contribution in [0.2, 0.25) is 0 Å². The van der Waals surface area contributed by atoms with Crippen LogP contribution in [0.1, 0.15) is 31.1 Å². The number of fused-ring (bicyclic) bond motifs is 1. The Hall–Kier alpha value is -3.09. The van der Waals surface area contributed by atoms with Crippen LogP contribution in [0.15, 0.2) is 24.3 Å². The maximum Gasteiger partial charge on any atom is 0.336 e. The number of aromatic carboxylic acids is 3. The molecule has 0 saturated heterocycles. The summed E-state index contributed by atoms with van der Waals surface area (Å²) in [7, 11) is 0. The number of rotatable bonds is 3. The summed E-state index contributed by atoms with van der Waals surface area (Å²) in [6.45, 7) is 0. The van der Waals surface area contributed by atoms with Gasteiger partial charge in [-0.3, -0.25) is 0 Å². The number of nitrogen functional groups attached to an aromatic ring is 1. The van der Waals surface area contributed by atoms with E-state index >= 15 is 0 Å². The molecule has 7 nitrogen and oxygen atoms in total. The zero-order chi connectivity index (χ0) is 15.0. The zero-order valence-corrected chi connectivity index (χ0v) is 9.95. The summed E-state index contributed by atoms with van der Waals surface area (Å²) in [5.74, 6) is -4.04. The Labute approximate surface area is 111 Å². The number of carbonyl (C=O) groups is 3. The molecule has 20 heavy (non-hydrogen) atoms. The van der Waals surface area contributed by atoms with Crippen LogP contribution >= 0.6 is 0 Å². The van der Waals surface area contributed by atoms with Gasteiger partial charge in [0.05, 0.1) is 16.7 Å². The van der Waals surface area contributed by atoms with Gasteiger partial charge in [0.2, 0.25) is 0 Å². The minimum absolute atomic E-state index is 0.00509. The molecule has 0 aliphatic rings. The Morgan fingerprint density at radius 3 is 1.45 bits per heavy atom. The molecule has 0 atom stereocenters. The number of nitrogens with two attached hydrogens (primary N) is 1. The van der Waals surface area contributed by atoms with E-state index in [0.717, 1.165) is 18.2 Å². The van der Waals surface area contributed by atoms with Crippen molar-refractivity contribution in [3.63, 3.8) is 0 Å². The molecule has 0 aromatic heterocycles. The summed E-state index contributed by atoms with van der Waals surface area (Å²) in [5.41, 5.74) is 4.82. The van der Waals surface area contributed by atoms with E-state index in [-0.39, 0.29) is 33.2 Å². The lowest BCUT2D eigenvalue weighted by atomic mass is 9.94. The first kappa shape index (κ1) is 13.3. The molecule has 2 aromatic carbocycles. The topological polar surface area (TPSA) is 138 Å². The summed E-state index contributed by atoms with van der Waals surface area (Å²) in [5, 5.41) is 27.1.